The zero-order valence-electron chi connectivity index (χ0n) is 10.9. The average molecular weight is 257 g/mol. The van der Waals surface area contributed by atoms with E-state index < -0.39 is 4.92 Å². The highest BCUT2D eigenvalue weighted by Crippen LogP contribution is 2.23. The number of pyridine rings is 1. The first-order chi connectivity index (χ1) is 9.11. The Balaban J connectivity index is 2.39. The molecule has 0 radical (unpaired) electrons. The van der Waals surface area contributed by atoms with E-state index in [0.717, 1.165) is 29.1 Å². The van der Waals surface area contributed by atoms with Gasteiger partial charge in [0, 0.05) is 29.9 Å². The van der Waals surface area contributed by atoms with Gasteiger partial charge in [0.15, 0.2) is 0 Å². The maximum atomic E-state index is 10.8. The molecule has 1 heterocycles. The van der Waals surface area contributed by atoms with Crippen molar-refractivity contribution in [3.63, 3.8) is 0 Å². The summed E-state index contributed by atoms with van der Waals surface area (Å²) in [6.45, 7) is 2.70. The van der Waals surface area contributed by atoms with Crippen LogP contribution in [-0.4, -0.2) is 17.0 Å². The molecule has 1 aromatic carbocycles. The largest absolute Gasteiger partial charge is 0.316 e. The van der Waals surface area contributed by atoms with Crippen molar-refractivity contribution in [3.05, 3.63) is 57.8 Å². The third kappa shape index (κ3) is 2.95. The molecule has 0 saturated heterocycles. The zero-order valence-corrected chi connectivity index (χ0v) is 10.9. The lowest BCUT2D eigenvalue weighted by molar-refractivity contribution is -0.384. The van der Waals surface area contributed by atoms with Crippen LogP contribution in [0.25, 0.3) is 11.3 Å². The molecular formula is C14H15N3O2. The highest BCUT2D eigenvalue weighted by atomic mass is 16.6. The minimum absolute atomic E-state index is 0.0799. The van der Waals surface area contributed by atoms with Crippen LogP contribution in [-0.2, 0) is 6.54 Å². The molecule has 1 N–H and O–H groups in total. The summed E-state index contributed by atoms with van der Waals surface area (Å²) in [4.78, 5) is 14.9. The van der Waals surface area contributed by atoms with Gasteiger partial charge < -0.3 is 5.32 Å². The van der Waals surface area contributed by atoms with Crippen LogP contribution >= 0.6 is 0 Å². The number of nitrogens with one attached hydrogen (secondary N) is 1. The van der Waals surface area contributed by atoms with Gasteiger partial charge in [0.25, 0.3) is 5.69 Å². The maximum absolute atomic E-state index is 10.8. The van der Waals surface area contributed by atoms with E-state index in [0.29, 0.717) is 0 Å². The summed E-state index contributed by atoms with van der Waals surface area (Å²) in [6.07, 6.45) is 0. The minimum atomic E-state index is -0.397. The lowest BCUT2D eigenvalue weighted by Crippen LogP contribution is -2.07. The highest BCUT2D eigenvalue weighted by Gasteiger charge is 2.09. The van der Waals surface area contributed by atoms with E-state index in [-0.39, 0.29) is 5.69 Å². The molecule has 0 unspecified atom stereocenters. The van der Waals surface area contributed by atoms with Crippen molar-refractivity contribution in [1.82, 2.24) is 10.3 Å². The minimum Gasteiger partial charge on any atom is -0.316 e. The Morgan fingerprint density at radius 3 is 2.74 bits per heavy atom. The van der Waals surface area contributed by atoms with Gasteiger partial charge >= 0.3 is 0 Å². The topological polar surface area (TPSA) is 68.1 Å². The Bertz CT molecular complexity index is 611. The first-order valence-corrected chi connectivity index (χ1v) is 5.98. The fourth-order valence-corrected chi connectivity index (χ4v) is 1.91. The van der Waals surface area contributed by atoms with Crippen LogP contribution in [0.2, 0.25) is 0 Å². The van der Waals surface area contributed by atoms with Crippen molar-refractivity contribution in [3.8, 4) is 11.3 Å². The number of benzene rings is 1. The number of rotatable bonds is 4. The van der Waals surface area contributed by atoms with Gasteiger partial charge in [-0.1, -0.05) is 18.2 Å². The van der Waals surface area contributed by atoms with Gasteiger partial charge in [-0.05, 0) is 25.6 Å². The SMILES string of the molecule is CNCc1ccc(-c2cccc([N+](=O)[O-])c2)nc1C. The van der Waals surface area contributed by atoms with E-state index in [4.69, 9.17) is 0 Å². The van der Waals surface area contributed by atoms with E-state index >= 15 is 0 Å². The first-order valence-electron chi connectivity index (χ1n) is 5.98. The molecule has 0 saturated carbocycles. The fourth-order valence-electron chi connectivity index (χ4n) is 1.91. The van der Waals surface area contributed by atoms with E-state index in [9.17, 15) is 10.1 Å². The van der Waals surface area contributed by atoms with Crippen molar-refractivity contribution >= 4 is 5.69 Å². The van der Waals surface area contributed by atoms with Gasteiger partial charge in [-0.2, -0.15) is 0 Å². The Labute approximate surface area is 111 Å². The van der Waals surface area contributed by atoms with Gasteiger partial charge in [0.1, 0.15) is 0 Å². The van der Waals surface area contributed by atoms with Crippen LogP contribution in [0.5, 0.6) is 0 Å². The van der Waals surface area contributed by atoms with Crippen molar-refractivity contribution in [2.45, 2.75) is 13.5 Å². The molecule has 1 aromatic heterocycles. The summed E-state index contributed by atoms with van der Waals surface area (Å²) in [7, 11) is 1.88. The summed E-state index contributed by atoms with van der Waals surface area (Å²) >= 11 is 0. The van der Waals surface area contributed by atoms with Gasteiger partial charge in [-0.3, -0.25) is 15.1 Å². The molecule has 0 spiro atoms. The zero-order chi connectivity index (χ0) is 13.8. The smallest absolute Gasteiger partial charge is 0.270 e. The third-order valence-electron chi connectivity index (χ3n) is 2.92. The molecular weight excluding hydrogens is 242 g/mol. The molecule has 2 aromatic rings. The van der Waals surface area contributed by atoms with E-state index in [1.165, 1.54) is 6.07 Å². The number of nitro groups is 1. The lowest BCUT2D eigenvalue weighted by atomic mass is 10.1. The Hall–Kier alpha value is -2.27. The maximum Gasteiger partial charge on any atom is 0.270 e. The number of hydrogen-bond acceptors (Lipinski definition) is 4. The first kappa shape index (κ1) is 13.2. The quantitative estimate of drug-likeness (QED) is 0.675. The van der Waals surface area contributed by atoms with Crippen LogP contribution in [0.15, 0.2) is 36.4 Å². The lowest BCUT2D eigenvalue weighted by Gasteiger charge is -2.07. The van der Waals surface area contributed by atoms with Crippen molar-refractivity contribution in [1.29, 1.82) is 0 Å². The summed E-state index contributed by atoms with van der Waals surface area (Å²) in [6, 6.07) is 10.4. The molecule has 0 amide bonds. The van der Waals surface area contributed by atoms with Gasteiger partial charge in [0.05, 0.1) is 10.6 Å². The Kier molecular flexibility index (Phi) is 3.87. The molecule has 0 bridgehead atoms. The molecule has 0 atom stereocenters. The molecule has 98 valence electrons. The van der Waals surface area contributed by atoms with E-state index in [1.807, 2.05) is 32.2 Å². The number of non-ortho nitro benzene ring substituents is 1. The summed E-state index contributed by atoms with van der Waals surface area (Å²) < 4.78 is 0. The molecule has 0 fully saturated rings. The summed E-state index contributed by atoms with van der Waals surface area (Å²) in [5.74, 6) is 0. The Morgan fingerprint density at radius 1 is 1.32 bits per heavy atom. The number of hydrogen-bond donors (Lipinski definition) is 1. The molecule has 19 heavy (non-hydrogen) atoms. The second kappa shape index (κ2) is 5.58. The molecule has 2 rings (SSSR count). The molecule has 0 aliphatic heterocycles. The predicted octanol–water partition coefficient (Wildman–Crippen LogP) is 2.68. The van der Waals surface area contributed by atoms with Crippen molar-refractivity contribution in [2.75, 3.05) is 7.05 Å². The summed E-state index contributed by atoms with van der Waals surface area (Å²) in [5, 5.41) is 13.8. The van der Waals surface area contributed by atoms with E-state index in [2.05, 4.69) is 10.3 Å². The standard InChI is InChI=1S/C14H15N3O2/c1-10-12(9-15-2)6-7-14(16-10)11-4-3-5-13(8-11)17(18)19/h3-8,15H,9H2,1-2H3. The average Bonchev–Trinajstić information content (AvgIpc) is 2.41. The number of nitro benzene ring substituents is 1. The predicted molar refractivity (Wildman–Crippen MR) is 73.8 cm³/mol. The van der Waals surface area contributed by atoms with Crippen LogP contribution in [0.4, 0.5) is 5.69 Å². The fraction of sp³-hybridized carbons (Fsp3) is 0.214. The van der Waals surface area contributed by atoms with Crippen LogP contribution in [0, 0.1) is 17.0 Å². The normalized spacial score (nSPS) is 10.4. The third-order valence-corrected chi connectivity index (χ3v) is 2.92. The molecule has 5 nitrogen and oxygen atoms in total. The monoisotopic (exact) mass is 257 g/mol. The number of aromatic nitrogens is 1. The van der Waals surface area contributed by atoms with Crippen LogP contribution in [0.1, 0.15) is 11.3 Å². The van der Waals surface area contributed by atoms with Gasteiger partial charge in [-0.15, -0.1) is 0 Å². The molecule has 5 heteroatoms. The highest BCUT2D eigenvalue weighted by molar-refractivity contribution is 5.62. The Morgan fingerprint density at radius 2 is 2.11 bits per heavy atom. The second-order valence-corrected chi connectivity index (χ2v) is 4.28. The van der Waals surface area contributed by atoms with Crippen LogP contribution < -0.4 is 5.32 Å². The number of nitrogens with zero attached hydrogens (tertiary/aromatic N) is 2. The number of aryl methyl sites for hydroxylation is 1. The van der Waals surface area contributed by atoms with Crippen molar-refractivity contribution < 1.29 is 4.92 Å². The van der Waals surface area contributed by atoms with Gasteiger partial charge in [0.2, 0.25) is 0 Å². The van der Waals surface area contributed by atoms with Gasteiger partial charge in [-0.25, -0.2) is 0 Å². The van der Waals surface area contributed by atoms with E-state index in [1.54, 1.807) is 12.1 Å². The second-order valence-electron chi connectivity index (χ2n) is 4.28. The molecule has 0 aliphatic carbocycles. The molecule has 0 aliphatic rings. The van der Waals surface area contributed by atoms with Crippen LogP contribution in [0.3, 0.4) is 0 Å². The van der Waals surface area contributed by atoms with Crippen molar-refractivity contribution in [2.24, 2.45) is 0 Å². The summed E-state index contributed by atoms with van der Waals surface area (Å²) in [5.41, 5.74) is 3.64.